The Kier molecular flexibility index (Phi) is 9.99. The molecule has 0 spiro atoms. The number of esters is 1. The largest absolute Gasteiger partial charge is 0.462 e. The lowest BCUT2D eigenvalue weighted by Crippen LogP contribution is -2.37. The van der Waals surface area contributed by atoms with Crippen LogP contribution in [0.5, 0.6) is 5.75 Å². The number of benzene rings is 2. The molecule has 0 aliphatic heterocycles. The van der Waals surface area contributed by atoms with Gasteiger partial charge in [0.1, 0.15) is 5.75 Å². The molecule has 1 aliphatic rings. The summed E-state index contributed by atoms with van der Waals surface area (Å²) in [6.45, 7) is 0.134. The van der Waals surface area contributed by atoms with Crippen LogP contribution in [0.1, 0.15) is 56.1 Å². The second-order valence-electron chi connectivity index (χ2n) is 9.67. The van der Waals surface area contributed by atoms with Crippen LogP contribution in [0.25, 0.3) is 6.08 Å². The highest BCUT2D eigenvalue weighted by Gasteiger charge is 2.44. The van der Waals surface area contributed by atoms with Gasteiger partial charge in [-0.25, -0.2) is 4.79 Å². The predicted octanol–water partition coefficient (Wildman–Crippen LogP) is 7.16. The quantitative estimate of drug-likeness (QED) is 0.137. The summed E-state index contributed by atoms with van der Waals surface area (Å²) in [6.07, 6.45) is -3.44. The van der Waals surface area contributed by atoms with Crippen molar-refractivity contribution < 1.29 is 36.2 Å². The standard InChI is InChI=1S/C28H33F5N2O3/c29-27(30,31)16-1-2-19-3-9-22(10-4-19)28(32,33)38-24-12-5-20(6-13-24)7-14-26(36)37-17-15-21-8-11-23(34)18-25(21)35/h5-8,11-14,18-19,22H,1-4,9-10,15-17,34-35H2/b14-7+. The van der Waals surface area contributed by atoms with Crippen LogP contribution >= 0.6 is 0 Å². The van der Waals surface area contributed by atoms with Gasteiger partial charge in [-0.3, -0.25) is 0 Å². The van der Waals surface area contributed by atoms with Crippen LogP contribution in [0.2, 0.25) is 0 Å². The minimum Gasteiger partial charge on any atom is -0.462 e. The zero-order valence-electron chi connectivity index (χ0n) is 21.0. The fraction of sp³-hybridized carbons (Fsp3) is 0.464. The maximum Gasteiger partial charge on any atom is 0.400 e. The first-order valence-corrected chi connectivity index (χ1v) is 12.6. The average Bonchev–Trinajstić information content (AvgIpc) is 2.84. The van der Waals surface area contributed by atoms with Gasteiger partial charge in [0.05, 0.1) is 12.5 Å². The van der Waals surface area contributed by atoms with E-state index >= 15 is 0 Å². The second-order valence-corrected chi connectivity index (χ2v) is 9.67. The summed E-state index contributed by atoms with van der Waals surface area (Å²) in [7, 11) is 0. The SMILES string of the molecule is Nc1ccc(CCOC(=O)/C=C/c2ccc(OC(F)(F)C3CCC(CCCC(F)(F)F)CC3)cc2)c(N)c1. The molecular formula is C28H33F5N2O3. The highest BCUT2D eigenvalue weighted by atomic mass is 19.4. The molecule has 1 fully saturated rings. The molecular weight excluding hydrogens is 507 g/mol. The first-order chi connectivity index (χ1) is 17.9. The lowest BCUT2D eigenvalue weighted by atomic mass is 9.79. The number of anilines is 2. The molecule has 2 aromatic carbocycles. The topological polar surface area (TPSA) is 87.6 Å². The molecule has 0 bridgehead atoms. The number of nitrogens with two attached hydrogens (primary N) is 2. The molecule has 10 heteroatoms. The third-order valence-corrected chi connectivity index (χ3v) is 6.73. The summed E-state index contributed by atoms with van der Waals surface area (Å²) in [5.41, 5.74) is 14.0. The van der Waals surface area contributed by atoms with Crippen LogP contribution in [0.15, 0.2) is 48.5 Å². The third kappa shape index (κ3) is 9.54. The van der Waals surface area contributed by atoms with Gasteiger partial charge in [-0.05, 0) is 79.5 Å². The fourth-order valence-electron chi connectivity index (χ4n) is 4.58. The molecule has 0 saturated heterocycles. The van der Waals surface area contributed by atoms with Crippen molar-refractivity contribution in [3.8, 4) is 5.75 Å². The molecule has 0 radical (unpaired) electrons. The van der Waals surface area contributed by atoms with E-state index in [9.17, 15) is 26.7 Å². The summed E-state index contributed by atoms with van der Waals surface area (Å²) in [6, 6.07) is 11.0. The summed E-state index contributed by atoms with van der Waals surface area (Å²) < 4.78 is 76.5. The van der Waals surface area contributed by atoms with Gasteiger partial charge in [-0.15, -0.1) is 0 Å². The van der Waals surface area contributed by atoms with Crippen molar-refractivity contribution in [2.45, 2.75) is 63.7 Å². The number of hydrogen-bond acceptors (Lipinski definition) is 5. The summed E-state index contributed by atoms with van der Waals surface area (Å²) in [5.74, 6) is -1.51. The van der Waals surface area contributed by atoms with Gasteiger partial charge in [0.15, 0.2) is 0 Å². The average molecular weight is 541 g/mol. The molecule has 38 heavy (non-hydrogen) atoms. The molecule has 0 unspecified atom stereocenters. The lowest BCUT2D eigenvalue weighted by molar-refractivity contribution is -0.223. The highest BCUT2D eigenvalue weighted by Crippen LogP contribution is 2.41. The molecule has 0 amide bonds. The van der Waals surface area contributed by atoms with Gasteiger partial charge < -0.3 is 20.9 Å². The Morgan fingerprint density at radius 3 is 2.29 bits per heavy atom. The number of halogens is 5. The van der Waals surface area contributed by atoms with Crippen molar-refractivity contribution in [3.05, 3.63) is 59.7 Å². The lowest BCUT2D eigenvalue weighted by Gasteiger charge is -2.33. The molecule has 1 aliphatic carbocycles. The van der Waals surface area contributed by atoms with Crippen LogP contribution < -0.4 is 16.2 Å². The van der Waals surface area contributed by atoms with Crippen molar-refractivity contribution >= 4 is 23.4 Å². The van der Waals surface area contributed by atoms with Gasteiger partial charge in [-0.1, -0.05) is 24.6 Å². The van der Waals surface area contributed by atoms with Crippen LogP contribution in [0.4, 0.5) is 33.3 Å². The summed E-state index contributed by atoms with van der Waals surface area (Å²) in [5, 5.41) is 0. The predicted molar refractivity (Wildman–Crippen MR) is 136 cm³/mol. The Morgan fingerprint density at radius 2 is 1.66 bits per heavy atom. The summed E-state index contributed by atoms with van der Waals surface area (Å²) in [4.78, 5) is 12.0. The minimum atomic E-state index is -4.18. The first-order valence-electron chi connectivity index (χ1n) is 12.6. The van der Waals surface area contributed by atoms with E-state index in [-0.39, 0.29) is 37.5 Å². The number of rotatable bonds is 11. The number of carbonyl (C=O) groups excluding carboxylic acids is 1. The van der Waals surface area contributed by atoms with E-state index in [1.807, 2.05) is 0 Å². The Balaban J connectivity index is 1.41. The van der Waals surface area contributed by atoms with E-state index in [1.165, 1.54) is 24.3 Å². The zero-order chi connectivity index (χ0) is 27.8. The molecule has 3 rings (SSSR count). The Hall–Kier alpha value is -3.30. The van der Waals surface area contributed by atoms with Crippen molar-refractivity contribution in [3.63, 3.8) is 0 Å². The minimum absolute atomic E-state index is 0.0110. The zero-order valence-corrected chi connectivity index (χ0v) is 21.0. The number of carbonyl (C=O) groups is 1. The smallest absolute Gasteiger partial charge is 0.400 e. The molecule has 0 aromatic heterocycles. The van der Waals surface area contributed by atoms with E-state index in [0.717, 1.165) is 5.56 Å². The Labute approximate surface area is 219 Å². The van der Waals surface area contributed by atoms with Crippen LogP contribution in [0, 0.1) is 11.8 Å². The maximum atomic E-state index is 14.7. The number of hydrogen-bond donors (Lipinski definition) is 2. The fourth-order valence-corrected chi connectivity index (χ4v) is 4.58. The van der Waals surface area contributed by atoms with Crippen LogP contribution in [-0.4, -0.2) is 24.9 Å². The second kappa shape index (κ2) is 13.0. The maximum absolute atomic E-state index is 14.7. The Bertz CT molecular complexity index is 1080. The van der Waals surface area contributed by atoms with E-state index in [4.69, 9.17) is 20.9 Å². The monoisotopic (exact) mass is 540 g/mol. The van der Waals surface area contributed by atoms with E-state index in [2.05, 4.69) is 0 Å². The number of ether oxygens (including phenoxy) is 2. The number of nitrogen functional groups attached to an aromatic ring is 2. The summed E-state index contributed by atoms with van der Waals surface area (Å²) >= 11 is 0. The molecule has 0 atom stereocenters. The third-order valence-electron chi connectivity index (χ3n) is 6.73. The van der Waals surface area contributed by atoms with Crippen LogP contribution in [0.3, 0.4) is 0 Å². The normalized spacial score (nSPS) is 18.4. The molecule has 208 valence electrons. The van der Waals surface area contributed by atoms with Gasteiger partial charge in [0, 0.05) is 30.3 Å². The molecule has 0 heterocycles. The van der Waals surface area contributed by atoms with Crippen molar-refractivity contribution in [1.29, 1.82) is 0 Å². The Morgan fingerprint density at radius 1 is 0.974 bits per heavy atom. The molecule has 5 nitrogen and oxygen atoms in total. The van der Waals surface area contributed by atoms with Crippen molar-refractivity contribution in [2.75, 3.05) is 18.1 Å². The van der Waals surface area contributed by atoms with Gasteiger partial charge in [0.25, 0.3) is 0 Å². The van der Waals surface area contributed by atoms with Gasteiger partial charge in [0.2, 0.25) is 0 Å². The van der Waals surface area contributed by atoms with Crippen molar-refractivity contribution in [2.24, 2.45) is 11.8 Å². The van der Waals surface area contributed by atoms with E-state index in [0.29, 0.717) is 42.6 Å². The molecule has 4 N–H and O–H groups in total. The first kappa shape index (κ1) is 29.3. The van der Waals surface area contributed by atoms with Gasteiger partial charge >= 0.3 is 18.3 Å². The molecule has 1 saturated carbocycles. The number of alkyl halides is 5. The van der Waals surface area contributed by atoms with E-state index < -0.39 is 30.6 Å². The van der Waals surface area contributed by atoms with Gasteiger partial charge in [-0.2, -0.15) is 22.0 Å². The highest BCUT2D eigenvalue weighted by molar-refractivity contribution is 5.87. The molecule has 2 aromatic rings. The van der Waals surface area contributed by atoms with E-state index in [1.54, 1.807) is 30.3 Å². The van der Waals surface area contributed by atoms with Crippen molar-refractivity contribution in [1.82, 2.24) is 0 Å². The van der Waals surface area contributed by atoms with Crippen LogP contribution in [-0.2, 0) is 16.0 Å².